The minimum Gasteiger partial charge on any atom is -0.306 e. The van der Waals surface area contributed by atoms with Gasteiger partial charge in [-0.15, -0.1) is 0 Å². The predicted octanol–water partition coefficient (Wildman–Crippen LogP) is 4.73. The predicted molar refractivity (Wildman–Crippen MR) is 83.5 cm³/mol. The smallest absolute Gasteiger partial charge is 0.148 e. The molecule has 1 aromatic heterocycles. The van der Waals surface area contributed by atoms with Crippen molar-refractivity contribution in [3.05, 3.63) is 63.1 Å². The molecule has 0 aliphatic rings. The van der Waals surface area contributed by atoms with Gasteiger partial charge in [0.05, 0.1) is 11.1 Å². The van der Waals surface area contributed by atoms with Crippen LogP contribution >= 0.6 is 27.5 Å². The third-order valence-corrected chi connectivity index (χ3v) is 4.27. The number of halogens is 3. The molecule has 0 saturated heterocycles. The van der Waals surface area contributed by atoms with Gasteiger partial charge in [-0.3, -0.25) is 4.98 Å². The molecule has 20 heavy (non-hydrogen) atoms. The van der Waals surface area contributed by atoms with Crippen LogP contribution in [0.2, 0.25) is 5.02 Å². The Morgan fingerprint density at radius 1 is 1.30 bits per heavy atom. The molecule has 1 heterocycles. The number of nitrogens with zero attached hydrogens (tertiary/aromatic N) is 1. The standard InChI is InChI=1S/C15H15BrClFN2/c1-2-7-20-15(10-5-8-19-9-6-10)11-3-4-12(16)13(17)14(11)18/h3-6,8-9,15,20H,2,7H2,1H3. The maximum atomic E-state index is 14.4. The molecule has 1 atom stereocenters. The molecule has 0 radical (unpaired) electrons. The van der Waals surface area contributed by atoms with E-state index in [0.29, 0.717) is 10.0 Å². The van der Waals surface area contributed by atoms with Crippen LogP contribution in [0.4, 0.5) is 4.39 Å². The van der Waals surface area contributed by atoms with Crippen molar-refractivity contribution in [3.8, 4) is 0 Å². The number of hydrogen-bond donors (Lipinski definition) is 1. The minimum absolute atomic E-state index is 0.111. The number of nitrogens with one attached hydrogen (secondary N) is 1. The number of rotatable bonds is 5. The Bertz CT molecular complexity index is 578. The summed E-state index contributed by atoms with van der Waals surface area (Å²) in [6.45, 7) is 2.86. The van der Waals surface area contributed by atoms with Gasteiger partial charge in [-0.25, -0.2) is 4.39 Å². The molecule has 2 nitrogen and oxygen atoms in total. The summed E-state index contributed by atoms with van der Waals surface area (Å²) < 4.78 is 15.0. The van der Waals surface area contributed by atoms with Crippen LogP contribution in [0.25, 0.3) is 0 Å². The Morgan fingerprint density at radius 3 is 2.65 bits per heavy atom. The van der Waals surface area contributed by atoms with Crippen LogP contribution in [0.3, 0.4) is 0 Å². The average molecular weight is 358 g/mol. The SMILES string of the molecule is CCCNC(c1ccncc1)c1ccc(Br)c(Cl)c1F. The quantitative estimate of drug-likeness (QED) is 0.783. The summed E-state index contributed by atoms with van der Waals surface area (Å²) in [5, 5.41) is 3.46. The van der Waals surface area contributed by atoms with Gasteiger partial charge in [-0.05, 0) is 52.7 Å². The van der Waals surface area contributed by atoms with Crippen LogP contribution in [-0.4, -0.2) is 11.5 Å². The lowest BCUT2D eigenvalue weighted by atomic mass is 9.99. The van der Waals surface area contributed by atoms with Gasteiger partial charge in [0.1, 0.15) is 5.82 Å². The summed E-state index contributed by atoms with van der Waals surface area (Å²) in [5.74, 6) is -0.397. The first-order valence-electron chi connectivity index (χ1n) is 6.41. The normalized spacial score (nSPS) is 12.4. The summed E-state index contributed by atoms with van der Waals surface area (Å²) in [4.78, 5) is 4.00. The third-order valence-electron chi connectivity index (χ3n) is 3.01. The molecule has 1 N–H and O–H groups in total. The summed E-state index contributed by atoms with van der Waals surface area (Å²) in [7, 11) is 0. The zero-order valence-electron chi connectivity index (χ0n) is 11.0. The first kappa shape index (κ1) is 15.4. The van der Waals surface area contributed by atoms with E-state index in [-0.39, 0.29) is 11.1 Å². The lowest BCUT2D eigenvalue weighted by Crippen LogP contribution is -2.24. The van der Waals surface area contributed by atoms with Crippen LogP contribution in [0, 0.1) is 5.82 Å². The van der Waals surface area contributed by atoms with Crippen LogP contribution in [0.15, 0.2) is 41.1 Å². The molecule has 106 valence electrons. The molecule has 2 aromatic rings. The third kappa shape index (κ3) is 3.37. The highest BCUT2D eigenvalue weighted by molar-refractivity contribution is 9.10. The van der Waals surface area contributed by atoms with Crippen LogP contribution in [-0.2, 0) is 0 Å². The van der Waals surface area contributed by atoms with Gasteiger partial charge < -0.3 is 5.32 Å². The summed E-state index contributed by atoms with van der Waals surface area (Å²) >= 11 is 9.22. The first-order valence-corrected chi connectivity index (χ1v) is 7.59. The maximum Gasteiger partial charge on any atom is 0.148 e. The van der Waals surface area contributed by atoms with E-state index in [1.165, 1.54) is 0 Å². The van der Waals surface area contributed by atoms with Gasteiger partial charge in [0.2, 0.25) is 0 Å². The van der Waals surface area contributed by atoms with Crippen molar-refractivity contribution >= 4 is 27.5 Å². The number of pyridine rings is 1. The molecular weight excluding hydrogens is 343 g/mol. The Kier molecular flexibility index (Phi) is 5.52. The highest BCUT2D eigenvalue weighted by Crippen LogP contribution is 2.32. The van der Waals surface area contributed by atoms with E-state index in [9.17, 15) is 4.39 Å². The molecule has 0 bridgehead atoms. The molecule has 0 aliphatic carbocycles. The van der Waals surface area contributed by atoms with Crippen molar-refractivity contribution in [1.29, 1.82) is 0 Å². The summed E-state index contributed by atoms with van der Waals surface area (Å²) in [5.41, 5.74) is 1.50. The van der Waals surface area contributed by atoms with E-state index in [2.05, 4.69) is 33.2 Å². The van der Waals surface area contributed by atoms with E-state index in [1.54, 1.807) is 24.5 Å². The second kappa shape index (κ2) is 7.16. The fraction of sp³-hybridized carbons (Fsp3) is 0.267. The zero-order valence-corrected chi connectivity index (χ0v) is 13.4. The largest absolute Gasteiger partial charge is 0.306 e. The topological polar surface area (TPSA) is 24.9 Å². The van der Waals surface area contributed by atoms with E-state index < -0.39 is 5.82 Å². The lowest BCUT2D eigenvalue weighted by molar-refractivity contribution is 0.546. The molecular formula is C15H15BrClFN2. The lowest BCUT2D eigenvalue weighted by Gasteiger charge is -2.20. The van der Waals surface area contributed by atoms with Gasteiger partial charge >= 0.3 is 0 Å². The minimum atomic E-state index is -0.397. The van der Waals surface area contributed by atoms with Crippen molar-refractivity contribution in [1.82, 2.24) is 10.3 Å². The van der Waals surface area contributed by atoms with E-state index in [1.807, 2.05) is 12.1 Å². The number of aromatic nitrogens is 1. The first-order chi connectivity index (χ1) is 9.65. The molecule has 0 aliphatic heterocycles. The average Bonchev–Trinajstić information content (AvgIpc) is 2.48. The molecule has 2 rings (SSSR count). The second-order valence-corrected chi connectivity index (χ2v) is 5.66. The van der Waals surface area contributed by atoms with Crippen molar-refractivity contribution in [2.24, 2.45) is 0 Å². The van der Waals surface area contributed by atoms with Gasteiger partial charge in [0.25, 0.3) is 0 Å². The maximum absolute atomic E-state index is 14.4. The zero-order chi connectivity index (χ0) is 14.5. The molecule has 5 heteroatoms. The van der Waals surface area contributed by atoms with Crippen LogP contribution in [0.1, 0.15) is 30.5 Å². The Morgan fingerprint density at radius 2 is 2.00 bits per heavy atom. The highest BCUT2D eigenvalue weighted by atomic mass is 79.9. The van der Waals surface area contributed by atoms with Crippen LogP contribution < -0.4 is 5.32 Å². The van der Waals surface area contributed by atoms with Gasteiger partial charge in [-0.1, -0.05) is 24.6 Å². The Labute approximate surface area is 131 Å². The molecule has 0 fully saturated rings. The van der Waals surface area contributed by atoms with Gasteiger partial charge in [0.15, 0.2) is 0 Å². The fourth-order valence-corrected chi connectivity index (χ4v) is 2.49. The number of hydrogen-bond acceptors (Lipinski definition) is 2. The summed E-state index contributed by atoms with van der Waals surface area (Å²) in [6, 6.07) is 7.04. The Hall–Kier alpha value is -0.970. The van der Waals surface area contributed by atoms with Crippen molar-refractivity contribution in [3.63, 3.8) is 0 Å². The summed E-state index contributed by atoms with van der Waals surface area (Å²) in [6.07, 6.45) is 4.37. The monoisotopic (exact) mass is 356 g/mol. The Balaban J connectivity index is 2.44. The molecule has 0 saturated carbocycles. The van der Waals surface area contributed by atoms with Crippen molar-refractivity contribution in [2.75, 3.05) is 6.54 Å². The van der Waals surface area contributed by atoms with Crippen molar-refractivity contribution < 1.29 is 4.39 Å². The van der Waals surface area contributed by atoms with Gasteiger partial charge in [0, 0.05) is 22.4 Å². The van der Waals surface area contributed by atoms with E-state index in [0.717, 1.165) is 18.5 Å². The van der Waals surface area contributed by atoms with Crippen molar-refractivity contribution in [2.45, 2.75) is 19.4 Å². The molecule has 1 aromatic carbocycles. The van der Waals surface area contributed by atoms with Gasteiger partial charge in [-0.2, -0.15) is 0 Å². The molecule has 1 unspecified atom stereocenters. The van der Waals surface area contributed by atoms with E-state index in [4.69, 9.17) is 11.6 Å². The van der Waals surface area contributed by atoms with Crippen LogP contribution in [0.5, 0.6) is 0 Å². The van der Waals surface area contributed by atoms with E-state index >= 15 is 0 Å². The highest BCUT2D eigenvalue weighted by Gasteiger charge is 2.20. The fourth-order valence-electron chi connectivity index (χ4n) is 2.02. The molecule has 0 spiro atoms. The second-order valence-electron chi connectivity index (χ2n) is 4.43. The molecule has 0 amide bonds. The number of benzene rings is 1.